The van der Waals surface area contributed by atoms with E-state index in [1.54, 1.807) is 18.2 Å². The average Bonchev–Trinajstić information content (AvgIpc) is 2.47. The highest BCUT2D eigenvalue weighted by atomic mass is 32.2. The molecule has 0 spiro atoms. The van der Waals surface area contributed by atoms with Gasteiger partial charge in [0.15, 0.2) is 0 Å². The molecule has 6 nitrogen and oxygen atoms in total. The Kier molecular flexibility index (Phi) is 4.44. The maximum Gasteiger partial charge on any atom is 0.263 e. The minimum Gasteiger partial charge on any atom is -0.376 e. The summed E-state index contributed by atoms with van der Waals surface area (Å²) in [7, 11) is -0.0318. The maximum absolute atomic E-state index is 12.5. The molecule has 2 rings (SSSR count). The van der Waals surface area contributed by atoms with E-state index in [0.717, 1.165) is 5.69 Å². The lowest BCUT2D eigenvalue weighted by molar-refractivity contribution is 0.599. The van der Waals surface area contributed by atoms with E-state index < -0.39 is 10.0 Å². The number of pyridine rings is 1. The second-order valence-corrected chi connectivity index (χ2v) is 6.32. The lowest BCUT2D eigenvalue weighted by Crippen LogP contribution is -2.19. The number of aromatic nitrogens is 1. The van der Waals surface area contributed by atoms with E-state index in [-0.39, 0.29) is 11.4 Å². The third kappa shape index (κ3) is 3.32. The van der Waals surface area contributed by atoms with Gasteiger partial charge in [0, 0.05) is 26.8 Å². The van der Waals surface area contributed by atoms with Gasteiger partial charge in [-0.25, -0.2) is 8.42 Å². The van der Waals surface area contributed by atoms with Crippen molar-refractivity contribution >= 4 is 21.4 Å². The Labute approximate surface area is 124 Å². The monoisotopic (exact) mass is 306 g/mol. The SMILES string of the molecule is CN(C)c1ccccc1NS(=O)(=O)c1cccnc1CN. The average molecular weight is 306 g/mol. The predicted octanol–water partition coefficient (Wildman–Crippen LogP) is 1.41. The molecule has 0 saturated heterocycles. The van der Waals surface area contributed by atoms with Crippen LogP contribution in [0, 0.1) is 0 Å². The van der Waals surface area contributed by atoms with Crippen LogP contribution in [0.25, 0.3) is 0 Å². The molecule has 112 valence electrons. The molecule has 0 aliphatic carbocycles. The second kappa shape index (κ2) is 6.11. The lowest BCUT2D eigenvalue weighted by atomic mass is 10.2. The van der Waals surface area contributed by atoms with Crippen molar-refractivity contribution in [3.63, 3.8) is 0 Å². The Morgan fingerprint density at radius 1 is 1.19 bits per heavy atom. The molecule has 0 fully saturated rings. The molecular weight excluding hydrogens is 288 g/mol. The summed E-state index contributed by atoms with van der Waals surface area (Å²) in [6.45, 7) is 0.0619. The van der Waals surface area contributed by atoms with Crippen molar-refractivity contribution in [2.75, 3.05) is 23.7 Å². The molecule has 0 unspecified atom stereocenters. The van der Waals surface area contributed by atoms with Gasteiger partial charge in [-0.3, -0.25) is 9.71 Å². The van der Waals surface area contributed by atoms with Crippen molar-refractivity contribution in [3.8, 4) is 0 Å². The molecule has 1 aromatic carbocycles. The Hall–Kier alpha value is -2.12. The summed E-state index contributed by atoms with van der Waals surface area (Å²) in [6, 6.07) is 10.2. The fourth-order valence-electron chi connectivity index (χ4n) is 1.97. The smallest absolute Gasteiger partial charge is 0.263 e. The summed E-state index contributed by atoms with van der Waals surface area (Å²) in [5.74, 6) is 0. The van der Waals surface area contributed by atoms with E-state index in [1.165, 1.54) is 12.3 Å². The number of sulfonamides is 1. The van der Waals surface area contributed by atoms with Crippen LogP contribution in [-0.4, -0.2) is 27.5 Å². The molecule has 0 aliphatic rings. The number of benzene rings is 1. The highest BCUT2D eigenvalue weighted by molar-refractivity contribution is 7.92. The van der Waals surface area contributed by atoms with Crippen LogP contribution < -0.4 is 15.4 Å². The number of anilines is 2. The molecule has 0 radical (unpaired) electrons. The van der Waals surface area contributed by atoms with E-state index in [9.17, 15) is 8.42 Å². The molecule has 0 saturated carbocycles. The molecule has 1 heterocycles. The van der Waals surface area contributed by atoms with E-state index in [4.69, 9.17) is 5.73 Å². The van der Waals surface area contributed by atoms with Gasteiger partial charge >= 0.3 is 0 Å². The maximum atomic E-state index is 12.5. The topological polar surface area (TPSA) is 88.3 Å². The first-order valence-electron chi connectivity index (χ1n) is 6.39. The molecule has 1 aromatic heterocycles. The molecule has 3 N–H and O–H groups in total. The number of hydrogen-bond acceptors (Lipinski definition) is 5. The van der Waals surface area contributed by atoms with Crippen molar-refractivity contribution in [1.82, 2.24) is 4.98 Å². The summed E-state index contributed by atoms with van der Waals surface area (Å²) in [5, 5.41) is 0. The first-order valence-corrected chi connectivity index (χ1v) is 7.87. The molecule has 7 heteroatoms. The summed E-state index contributed by atoms with van der Waals surface area (Å²) >= 11 is 0. The first-order chi connectivity index (χ1) is 9.95. The highest BCUT2D eigenvalue weighted by Crippen LogP contribution is 2.26. The highest BCUT2D eigenvalue weighted by Gasteiger charge is 2.20. The Morgan fingerprint density at radius 2 is 1.90 bits per heavy atom. The number of hydrogen-bond donors (Lipinski definition) is 2. The van der Waals surface area contributed by atoms with Crippen molar-refractivity contribution in [2.45, 2.75) is 11.4 Å². The van der Waals surface area contributed by atoms with Crippen molar-refractivity contribution < 1.29 is 8.42 Å². The quantitative estimate of drug-likeness (QED) is 0.872. The molecule has 0 amide bonds. The number of para-hydroxylation sites is 2. The largest absolute Gasteiger partial charge is 0.376 e. The van der Waals surface area contributed by atoms with Crippen LogP contribution >= 0.6 is 0 Å². The van der Waals surface area contributed by atoms with E-state index in [2.05, 4.69) is 9.71 Å². The van der Waals surface area contributed by atoms with Gasteiger partial charge < -0.3 is 10.6 Å². The van der Waals surface area contributed by atoms with Gasteiger partial charge in [0.05, 0.1) is 17.1 Å². The van der Waals surface area contributed by atoms with Crippen LogP contribution in [-0.2, 0) is 16.6 Å². The third-order valence-electron chi connectivity index (χ3n) is 2.96. The summed E-state index contributed by atoms with van der Waals surface area (Å²) in [6.07, 6.45) is 1.52. The molecule has 0 bridgehead atoms. The van der Waals surface area contributed by atoms with Crippen LogP contribution in [0.2, 0.25) is 0 Å². The number of rotatable bonds is 5. The van der Waals surface area contributed by atoms with Gasteiger partial charge in [-0.15, -0.1) is 0 Å². The van der Waals surface area contributed by atoms with Gasteiger partial charge in [0.25, 0.3) is 10.0 Å². The van der Waals surface area contributed by atoms with Gasteiger partial charge in [-0.1, -0.05) is 12.1 Å². The molecule has 21 heavy (non-hydrogen) atoms. The van der Waals surface area contributed by atoms with Crippen LogP contribution in [0.1, 0.15) is 5.69 Å². The first kappa shape index (κ1) is 15.3. The molecule has 2 aromatic rings. The molecule has 0 atom stereocenters. The molecule has 0 aliphatic heterocycles. The number of nitrogens with two attached hydrogens (primary N) is 1. The predicted molar refractivity (Wildman–Crippen MR) is 83.7 cm³/mol. The van der Waals surface area contributed by atoms with Gasteiger partial charge in [0.2, 0.25) is 0 Å². The zero-order chi connectivity index (χ0) is 15.5. The summed E-state index contributed by atoms with van der Waals surface area (Å²) < 4.78 is 27.7. The fourth-order valence-corrected chi connectivity index (χ4v) is 3.25. The second-order valence-electron chi connectivity index (χ2n) is 4.67. The zero-order valence-electron chi connectivity index (χ0n) is 11.9. The van der Waals surface area contributed by atoms with Crippen LogP contribution in [0.15, 0.2) is 47.5 Å². The van der Waals surface area contributed by atoms with E-state index in [0.29, 0.717) is 11.4 Å². The Bertz CT molecular complexity index is 729. The fraction of sp³-hybridized carbons (Fsp3) is 0.214. The third-order valence-corrected chi connectivity index (χ3v) is 4.40. The van der Waals surface area contributed by atoms with Crippen molar-refractivity contribution in [1.29, 1.82) is 0 Å². The van der Waals surface area contributed by atoms with Crippen LogP contribution in [0.4, 0.5) is 11.4 Å². The standard InChI is InChI=1S/C14H18N4O2S/c1-18(2)13-7-4-3-6-11(13)17-21(19,20)14-8-5-9-16-12(14)10-15/h3-9,17H,10,15H2,1-2H3. The summed E-state index contributed by atoms with van der Waals surface area (Å²) in [5.41, 5.74) is 7.18. The van der Waals surface area contributed by atoms with E-state index >= 15 is 0 Å². The minimum atomic E-state index is -3.73. The number of nitrogens with one attached hydrogen (secondary N) is 1. The van der Waals surface area contributed by atoms with E-state index in [1.807, 2.05) is 31.1 Å². The van der Waals surface area contributed by atoms with Crippen LogP contribution in [0.3, 0.4) is 0 Å². The van der Waals surface area contributed by atoms with Gasteiger partial charge in [-0.2, -0.15) is 0 Å². The lowest BCUT2D eigenvalue weighted by Gasteiger charge is -2.18. The van der Waals surface area contributed by atoms with Gasteiger partial charge in [-0.05, 0) is 24.3 Å². The van der Waals surface area contributed by atoms with Crippen molar-refractivity contribution in [2.24, 2.45) is 5.73 Å². The zero-order valence-corrected chi connectivity index (χ0v) is 12.8. The number of nitrogens with zero attached hydrogens (tertiary/aromatic N) is 2. The Morgan fingerprint density at radius 3 is 2.57 bits per heavy atom. The van der Waals surface area contributed by atoms with Crippen molar-refractivity contribution in [3.05, 3.63) is 48.3 Å². The van der Waals surface area contributed by atoms with Gasteiger partial charge in [0.1, 0.15) is 4.90 Å². The normalized spacial score (nSPS) is 11.2. The summed E-state index contributed by atoms with van der Waals surface area (Å²) in [4.78, 5) is 5.94. The molecular formula is C14H18N4O2S. The Balaban J connectivity index is 2.43. The minimum absolute atomic E-state index is 0.0619. The van der Waals surface area contributed by atoms with Crippen LogP contribution in [0.5, 0.6) is 0 Å².